The first-order valence-corrected chi connectivity index (χ1v) is 7.18. The molecular weight excluding hydrogens is 270 g/mol. The zero-order valence-electron chi connectivity index (χ0n) is 12.3. The Kier molecular flexibility index (Phi) is 3.34. The van der Waals surface area contributed by atoms with E-state index in [-0.39, 0.29) is 18.2 Å². The quantitative estimate of drug-likeness (QED) is 0.837. The number of carbonyl (C=O) groups excluding carboxylic acids is 2. The van der Waals surface area contributed by atoms with Gasteiger partial charge < -0.3 is 9.84 Å². The van der Waals surface area contributed by atoms with Gasteiger partial charge in [-0.3, -0.25) is 14.5 Å². The van der Waals surface area contributed by atoms with E-state index in [0.717, 1.165) is 23.3 Å². The summed E-state index contributed by atoms with van der Waals surface area (Å²) in [7, 11) is 1.48. The van der Waals surface area contributed by atoms with Gasteiger partial charge in [0, 0.05) is 19.2 Å². The van der Waals surface area contributed by atoms with E-state index < -0.39 is 11.7 Å². The molecule has 5 heteroatoms. The van der Waals surface area contributed by atoms with Crippen LogP contribution in [-0.4, -0.2) is 41.1 Å². The number of likely N-dealkylation sites (N-methyl/N-ethyl adjacent to an activating group) is 1. The molecule has 2 amide bonds. The van der Waals surface area contributed by atoms with E-state index in [0.29, 0.717) is 17.7 Å². The smallest absolute Gasteiger partial charge is 0.260 e. The number of imide groups is 1. The van der Waals surface area contributed by atoms with Gasteiger partial charge in [-0.05, 0) is 37.0 Å². The number of aliphatic hydroxyl groups is 1. The fourth-order valence-corrected chi connectivity index (χ4v) is 3.06. The summed E-state index contributed by atoms with van der Waals surface area (Å²) in [5.74, 6) is -0.514. The van der Waals surface area contributed by atoms with Crippen LogP contribution in [0.25, 0.3) is 0 Å². The molecule has 2 atom stereocenters. The summed E-state index contributed by atoms with van der Waals surface area (Å²) in [5.41, 5.74) is 1.27. The fraction of sp³-hybridized carbons (Fsp3) is 0.500. The van der Waals surface area contributed by atoms with Crippen molar-refractivity contribution in [3.05, 3.63) is 34.9 Å². The number of rotatable bonds is 2. The topological polar surface area (TPSA) is 66.8 Å². The minimum atomic E-state index is -0.777. The van der Waals surface area contributed by atoms with Gasteiger partial charge in [-0.2, -0.15) is 0 Å². The molecule has 0 radical (unpaired) electrons. The van der Waals surface area contributed by atoms with Gasteiger partial charge >= 0.3 is 0 Å². The lowest BCUT2D eigenvalue weighted by Gasteiger charge is -2.31. The molecule has 0 bridgehead atoms. The molecule has 0 aliphatic carbocycles. The Labute approximate surface area is 123 Å². The van der Waals surface area contributed by atoms with Gasteiger partial charge in [0.1, 0.15) is 6.10 Å². The van der Waals surface area contributed by atoms with Crippen molar-refractivity contribution in [1.82, 2.24) is 4.90 Å². The van der Waals surface area contributed by atoms with Crippen molar-refractivity contribution < 1.29 is 19.4 Å². The Morgan fingerprint density at radius 1 is 1.38 bits per heavy atom. The van der Waals surface area contributed by atoms with Gasteiger partial charge in [0.15, 0.2) is 0 Å². The summed E-state index contributed by atoms with van der Waals surface area (Å²) in [6.07, 6.45) is 1.16. The monoisotopic (exact) mass is 289 g/mol. The number of amides is 2. The van der Waals surface area contributed by atoms with Gasteiger partial charge in [-0.25, -0.2) is 0 Å². The van der Waals surface area contributed by atoms with E-state index in [1.165, 1.54) is 7.05 Å². The van der Waals surface area contributed by atoms with Crippen LogP contribution in [0.4, 0.5) is 0 Å². The highest BCUT2D eigenvalue weighted by atomic mass is 16.5. The minimum Gasteiger partial charge on any atom is -0.385 e. The van der Waals surface area contributed by atoms with Gasteiger partial charge in [0.05, 0.1) is 12.0 Å². The van der Waals surface area contributed by atoms with Gasteiger partial charge in [-0.1, -0.05) is 12.1 Å². The average Bonchev–Trinajstić information content (AvgIpc) is 2.92. The first kappa shape index (κ1) is 14.2. The van der Waals surface area contributed by atoms with Crippen LogP contribution in [0.5, 0.6) is 0 Å². The maximum atomic E-state index is 12.2. The molecule has 0 aromatic heterocycles. The number of benzene rings is 1. The predicted octanol–water partition coefficient (Wildman–Crippen LogP) is 1.44. The zero-order chi connectivity index (χ0) is 15.2. The largest absolute Gasteiger partial charge is 0.385 e. The fourth-order valence-electron chi connectivity index (χ4n) is 3.06. The molecule has 5 nitrogen and oxygen atoms in total. The standard InChI is InChI=1S/C16H19NO4/c1-16(6-3-7-21-16)14(19)11-5-4-10-9-13(18)17(2)15(20)12(10)8-11/h4-5,8,14,19H,3,6-7,9H2,1-2H3. The molecule has 1 aromatic rings. The van der Waals surface area contributed by atoms with Crippen LogP contribution in [0.1, 0.15) is 47.4 Å². The molecule has 3 rings (SSSR count). The molecular formula is C16H19NO4. The van der Waals surface area contributed by atoms with E-state index in [9.17, 15) is 14.7 Å². The number of carbonyl (C=O) groups is 2. The van der Waals surface area contributed by atoms with Crippen LogP contribution >= 0.6 is 0 Å². The van der Waals surface area contributed by atoms with Crippen molar-refractivity contribution in [2.45, 2.75) is 37.9 Å². The highest BCUT2D eigenvalue weighted by molar-refractivity contribution is 6.09. The van der Waals surface area contributed by atoms with E-state index in [2.05, 4.69) is 0 Å². The zero-order valence-corrected chi connectivity index (χ0v) is 12.3. The van der Waals surface area contributed by atoms with Crippen LogP contribution in [0, 0.1) is 0 Å². The summed E-state index contributed by atoms with van der Waals surface area (Å²) in [4.78, 5) is 25.0. The molecule has 0 spiro atoms. The van der Waals surface area contributed by atoms with Gasteiger partial charge in [0.2, 0.25) is 5.91 Å². The lowest BCUT2D eigenvalue weighted by molar-refractivity contribution is -0.127. The van der Waals surface area contributed by atoms with Crippen LogP contribution in [0.3, 0.4) is 0 Å². The van der Waals surface area contributed by atoms with E-state index >= 15 is 0 Å². The average molecular weight is 289 g/mol. The molecule has 1 saturated heterocycles. The van der Waals surface area contributed by atoms with Crippen molar-refractivity contribution in [3.8, 4) is 0 Å². The maximum absolute atomic E-state index is 12.2. The maximum Gasteiger partial charge on any atom is 0.260 e. The van der Waals surface area contributed by atoms with Crippen molar-refractivity contribution in [3.63, 3.8) is 0 Å². The van der Waals surface area contributed by atoms with Crippen molar-refractivity contribution in [2.75, 3.05) is 13.7 Å². The third kappa shape index (κ3) is 2.26. The lowest BCUT2D eigenvalue weighted by atomic mass is 9.87. The SMILES string of the molecule is CN1C(=O)Cc2ccc(C(O)C3(C)CCCO3)cc2C1=O. The molecule has 112 valence electrons. The van der Waals surface area contributed by atoms with Crippen LogP contribution in [-0.2, 0) is 16.0 Å². The number of aliphatic hydroxyl groups excluding tert-OH is 1. The minimum absolute atomic E-state index is 0.202. The number of nitrogens with zero attached hydrogens (tertiary/aromatic N) is 1. The first-order valence-electron chi connectivity index (χ1n) is 7.18. The van der Waals surface area contributed by atoms with Gasteiger partial charge in [0.25, 0.3) is 5.91 Å². The predicted molar refractivity (Wildman–Crippen MR) is 75.8 cm³/mol. The summed E-state index contributed by atoms with van der Waals surface area (Å²) >= 11 is 0. The number of fused-ring (bicyclic) bond motifs is 1. The second-order valence-corrected chi connectivity index (χ2v) is 6.02. The van der Waals surface area contributed by atoms with Crippen LogP contribution in [0.2, 0.25) is 0 Å². The third-order valence-electron chi connectivity index (χ3n) is 4.53. The summed E-state index contributed by atoms with van der Waals surface area (Å²) < 4.78 is 5.67. The molecule has 1 N–H and O–H groups in total. The Bertz CT molecular complexity index is 604. The van der Waals surface area contributed by atoms with E-state index in [1.807, 2.05) is 6.92 Å². The number of ether oxygens (including phenoxy) is 1. The normalized spacial score (nSPS) is 26.9. The van der Waals surface area contributed by atoms with Crippen molar-refractivity contribution in [1.29, 1.82) is 0 Å². The molecule has 2 heterocycles. The highest BCUT2D eigenvalue weighted by Crippen LogP contribution is 2.38. The molecule has 1 aromatic carbocycles. The number of hydrogen-bond acceptors (Lipinski definition) is 4. The molecule has 2 unspecified atom stereocenters. The highest BCUT2D eigenvalue weighted by Gasteiger charge is 2.39. The van der Waals surface area contributed by atoms with Crippen molar-refractivity contribution >= 4 is 11.8 Å². The van der Waals surface area contributed by atoms with Crippen molar-refractivity contribution in [2.24, 2.45) is 0 Å². The second kappa shape index (κ2) is 4.93. The van der Waals surface area contributed by atoms with Gasteiger partial charge in [-0.15, -0.1) is 0 Å². The Hall–Kier alpha value is -1.72. The molecule has 1 fully saturated rings. The summed E-state index contributed by atoms with van der Waals surface area (Å²) in [5, 5.41) is 10.6. The third-order valence-corrected chi connectivity index (χ3v) is 4.53. The Morgan fingerprint density at radius 3 is 2.81 bits per heavy atom. The number of hydrogen-bond donors (Lipinski definition) is 1. The molecule has 2 aliphatic heterocycles. The first-order chi connectivity index (χ1) is 9.92. The molecule has 0 saturated carbocycles. The summed E-state index contributed by atoms with van der Waals surface area (Å²) in [6.45, 7) is 2.54. The lowest BCUT2D eigenvalue weighted by Crippen LogP contribution is -2.39. The Balaban J connectivity index is 1.96. The molecule has 21 heavy (non-hydrogen) atoms. The Morgan fingerprint density at radius 2 is 2.14 bits per heavy atom. The molecule has 2 aliphatic rings. The van der Waals surface area contributed by atoms with Crippen LogP contribution < -0.4 is 0 Å². The summed E-state index contributed by atoms with van der Waals surface area (Å²) in [6, 6.07) is 5.23. The second-order valence-electron chi connectivity index (χ2n) is 6.02. The van der Waals surface area contributed by atoms with E-state index in [1.54, 1.807) is 18.2 Å². The van der Waals surface area contributed by atoms with Crippen LogP contribution in [0.15, 0.2) is 18.2 Å². The van der Waals surface area contributed by atoms with E-state index in [4.69, 9.17) is 4.74 Å².